The molecule has 7 heteroatoms. The molecule has 0 aliphatic carbocycles. The van der Waals surface area contributed by atoms with Crippen molar-refractivity contribution in [3.63, 3.8) is 0 Å². The number of nitrogens with zero attached hydrogens (tertiary/aromatic N) is 1. The second-order valence-corrected chi connectivity index (χ2v) is 6.41. The van der Waals surface area contributed by atoms with Gasteiger partial charge in [-0.25, -0.2) is 9.78 Å². The van der Waals surface area contributed by atoms with E-state index in [4.69, 9.17) is 18.9 Å². The molecule has 3 rings (SSSR count). The number of thiazole rings is 1. The molecule has 134 valence electrons. The van der Waals surface area contributed by atoms with Gasteiger partial charge >= 0.3 is 5.97 Å². The summed E-state index contributed by atoms with van der Waals surface area (Å²) < 4.78 is 21.5. The van der Waals surface area contributed by atoms with Gasteiger partial charge in [0, 0.05) is 17.6 Å². The second kappa shape index (κ2) is 8.31. The summed E-state index contributed by atoms with van der Waals surface area (Å²) in [7, 11) is 1.61. The monoisotopic (exact) mass is 363 g/mol. The number of benzene rings is 1. The lowest BCUT2D eigenvalue weighted by molar-refractivity contribution is -0.155. The lowest BCUT2D eigenvalue weighted by Gasteiger charge is -2.10. The number of methoxy groups -OCH3 is 1. The highest BCUT2D eigenvalue weighted by atomic mass is 32.1. The molecule has 1 fully saturated rings. The number of rotatable bonds is 7. The van der Waals surface area contributed by atoms with Crippen LogP contribution in [0.15, 0.2) is 23.6 Å². The third-order valence-electron chi connectivity index (χ3n) is 3.82. The standard InChI is InChI=1S/C18H21NO5S/c1-3-22-14-7-6-12(9-16(14)21-2)17-19-13(11-25-17)10-24-18(20)15-5-4-8-23-15/h6-7,9,11,15H,3-5,8,10H2,1-2H3/t15-/m0/s1. The van der Waals surface area contributed by atoms with Gasteiger partial charge in [0.1, 0.15) is 11.6 Å². The van der Waals surface area contributed by atoms with E-state index in [1.807, 2.05) is 30.5 Å². The highest BCUT2D eigenvalue weighted by Crippen LogP contribution is 2.33. The number of aromatic nitrogens is 1. The first-order valence-electron chi connectivity index (χ1n) is 8.25. The van der Waals surface area contributed by atoms with E-state index in [0.29, 0.717) is 24.7 Å². The summed E-state index contributed by atoms with van der Waals surface area (Å²) in [6, 6.07) is 5.71. The summed E-state index contributed by atoms with van der Waals surface area (Å²) in [5, 5.41) is 2.73. The van der Waals surface area contributed by atoms with Crippen LogP contribution < -0.4 is 9.47 Å². The smallest absolute Gasteiger partial charge is 0.335 e. The van der Waals surface area contributed by atoms with E-state index in [0.717, 1.165) is 29.1 Å². The molecule has 1 aromatic heterocycles. The first kappa shape index (κ1) is 17.7. The molecule has 0 bridgehead atoms. The maximum absolute atomic E-state index is 11.9. The molecule has 0 saturated carbocycles. The zero-order valence-corrected chi connectivity index (χ0v) is 15.1. The largest absolute Gasteiger partial charge is 0.493 e. The SMILES string of the molecule is CCOc1ccc(-c2nc(COC(=O)[C@@H]3CCCO3)cs2)cc1OC. The van der Waals surface area contributed by atoms with Crippen LogP contribution in [0.4, 0.5) is 0 Å². The average molecular weight is 363 g/mol. The van der Waals surface area contributed by atoms with E-state index in [-0.39, 0.29) is 12.6 Å². The summed E-state index contributed by atoms with van der Waals surface area (Å²) in [4.78, 5) is 16.4. The van der Waals surface area contributed by atoms with Crippen LogP contribution >= 0.6 is 11.3 Å². The minimum atomic E-state index is -0.423. The molecule has 0 amide bonds. The van der Waals surface area contributed by atoms with Crippen molar-refractivity contribution in [3.05, 3.63) is 29.3 Å². The number of carbonyl (C=O) groups is 1. The Morgan fingerprint density at radius 3 is 3.00 bits per heavy atom. The van der Waals surface area contributed by atoms with E-state index in [1.54, 1.807) is 7.11 Å². The maximum Gasteiger partial charge on any atom is 0.335 e. The molecular formula is C18H21NO5S. The molecule has 1 aliphatic heterocycles. The Bertz CT molecular complexity index is 724. The van der Waals surface area contributed by atoms with E-state index in [1.165, 1.54) is 11.3 Å². The van der Waals surface area contributed by atoms with Crippen LogP contribution in [-0.4, -0.2) is 37.4 Å². The fraction of sp³-hybridized carbons (Fsp3) is 0.444. The van der Waals surface area contributed by atoms with Crippen molar-refractivity contribution < 1.29 is 23.7 Å². The van der Waals surface area contributed by atoms with Gasteiger partial charge in [0.25, 0.3) is 0 Å². The van der Waals surface area contributed by atoms with Gasteiger partial charge in [-0.1, -0.05) is 0 Å². The molecule has 2 aromatic rings. The van der Waals surface area contributed by atoms with Crippen LogP contribution in [0.5, 0.6) is 11.5 Å². The number of hydrogen-bond donors (Lipinski definition) is 0. The van der Waals surface area contributed by atoms with Gasteiger partial charge in [0.15, 0.2) is 17.6 Å². The second-order valence-electron chi connectivity index (χ2n) is 5.55. The fourth-order valence-corrected chi connectivity index (χ4v) is 3.38. The third kappa shape index (κ3) is 4.29. The summed E-state index contributed by atoms with van der Waals surface area (Å²) in [6.07, 6.45) is 1.21. The quantitative estimate of drug-likeness (QED) is 0.702. The van der Waals surface area contributed by atoms with E-state index in [9.17, 15) is 4.79 Å². The van der Waals surface area contributed by atoms with Crippen LogP contribution in [-0.2, 0) is 20.9 Å². The lowest BCUT2D eigenvalue weighted by atomic mass is 10.2. The molecule has 1 atom stereocenters. The topological polar surface area (TPSA) is 66.9 Å². The Morgan fingerprint density at radius 2 is 2.28 bits per heavy atom. The Morgan fingerprint density at radius 1 is 1.40 bits per heavy atom. The van der Waals surface area contributed by atoms with Gasteiger partial charge in [0.2, 0.25) is 0 Å². The van der Waals surface area contributed by atoms with Crippen molar-refractivity contribution in [1.82, 2.24) is 4.98 Å². The van der Waals surface area contributed by atoms with Gasteiger partial charge in [-0.2, -0.15) is 0 Å². The zero-order chi connectivity index (χ0) is 17.6. The van der Waals surface area contributed by atoms with Crippen LogP contribution in [0.25, 0.3) is 10.6 Å². The molecule has 0 spiro atoms. The Kier molecular flexibility index (Phi) is 5.88. The molecule has 6 nitrogen and oxygen atoms in total. The van der Waals surface area contributed by atoms with Crippen molar-refractivity contribution in [3.8, 4) is 22.1 Å². The average Bonchev–Trinajstić information content (AvgIpc) is 3.32. The molecular weight excluding hydrogens is 342 g/mol. The minimum Gasteiger partial charge on any atom is -0.493 e. The van der Waals surface area contributed by atoms with Crippen molar-refractivity contribution in [2.75, 3.05) is 20.3 Å². The van der Waals surface area contributed by atoms with Crippen LogP contribution in [0.1, 0.15) is 25.5 Å². The molecule has 0 radical (unpaired) electrons. The van der Waals surface area contributed by atoms with Crippen molar-refractivity contribution in [2.24, 2.45) is 0 Å². The number of esters is 1. The normalized spacial score (nSPS) is 16.6. The highest BCUT2D eigenvalue weighted by Gasteiger charge is 2.25. The first-order valence-corrected chi connectivity index (χ1v) is 9.13. The van der Waals surface area contributed by atoms with Crippen LogP contribution in [0.3, 0.4) is 0 Å². The van der Waals surface area contributed by atoms with Gasteiger partial charge < -0.3 is 18.9 Å². The van der Waals surface area contributed by atoms with Gasteiger partial charge in [-0.05, 0) is 38.0 Å². The van der Waals surface area contributed by atoms with Gasteiger partial charge in [-0.15, -0.1) is 11.3 Å². The predicted octanol–water partition coefficient (Wildman–Crippen LogP) is 3.44. The van der Waals surface area contributed by atoms with Gasteiger partial charge in [0.05, 0.1) is 19.4 Å². The number of hydrogen-bond acceptors (Lipinski definition) is 7. The Labute approximate surface area is 150 Å². The van der Waals surface area contributed by atoms with Crippen molar-refractivity contribution in [1.29, 1.82) is 0 Å². The first-order chi connectivity index (χ1) is 12.2. The summed E-state index contributed by atoms with van der Waals surface area (Å²) >= 11 is 1.49. The molecule has 1 saturated heterocycles. The van der Waals surface area contributed by atoms with Crippen LogP contribution in [0, 0.1) is 0 Å². The third-order valence-corrected chi connectivity index (χ3v) is 4.76. The summed E-state index contributed by atoms with van der Waals surface area (Å²) in [5.41, 5.74) is 1.65. The highest BCUT2D eigenvalue weighted by molar-refractivity contribution is 7.13. The fourth-order valence-electron chi connectivity index (χ4n) is 2.58. The maximum atomic E-state index is 11.9. The number of carbonyl (C=O) groups excluding carboxylic acids is 1. The predicted molar refractivity (Wildman–Crippen MR) is 94.0 cm³/mol. The minimum absolute atomic E-state index is 0.156. The summed E-state index contributed by atoms with van der Waals surface area (Å²) in [6.45, 7) is 3.29. The molecule has 1 aromatic carbocycles. The molecule has 0 N–H and O–H groups in total. The molecule has 1 aliphatic rings. The van der Waals surface area contributed by atoms with E-state index in [2.05, 4.69) is 4.98 Å². The zero-order valence-electron chi connectivity index (χ0n) is 14.3. The molecule has 25 heavy (non-hydrogen) atoms. The van der Waals surface area contributed by atoms with Crippen molar-refractivity contribution >= 4 is 17.3 Å². The van der Waals surface area contributed by atoms with E-state index >= 15 is 0 Å². The lowest BCUT2D eigenvalue weighted by Crippen LogP contribution is -2.22. The van der Waals surface area contributed by atoms with E-state index < -0.39 is 6.10 Å². The van der Waals surface area contributed by atoms with Crippen LogP contribution in [0.2, 0.25) is 0 Å². The Balaban J connectivity index is 1.65. The number of ether oxygens (including phenoxy) is 4. The van der Waals surface area contributed by atoms with Crippen molar-refractivity contribution in [2.45, 2.75) is 32.5 Å². The van der Waals surface area contributed by atoms with Gasteiger partial charge in [-0.3, -0.25) is 0 Å². The molecule has 0 unspecified atom stereocenters. The summed E-state index contributed by atoms with van der Waals surface area (Å²) in [5.74, 6) is 1.06. The Hall–Kier alpha value is -2.12. The molecule has 2 heterocycles.